The molecule has 3 rings (SSSR count). The second-order valence-electron chi connectivity index (χ2n) is 5.81. The summed E-state index contributed by atoms with van der Waals surface area (Å²) in [7, 11) is -4.28. The van der Waals surface area contributed by atoms with E-state index in [2.05, 4.69) is 10.2 Å². The van der Waals surface area contributed by atoms with Crippen molar-refractivity contribution in [1.82, 2.24) is 0 Å². The van der Waals surface area contributed by atoms with E-state index in [1.54, 1.807) is 31.2 Å². The third-order valence-corrected chi connectivity index (χ3v) is 4.88. The number of Topliss-reactive ketones (excluding diaryl/α,β-unsaturated/α-hetero) is 1. The lowest BCUT2D eigenvalue weighted by Crippen LogP contribution is -1.96. The Bertz CT molecular complexity index is 1150. The van der Waals surface area contributed by atoms with E-state index in [9.17, 15) is 18.3 Å². The van der Waals surface area contributed by atoms with E-state index in [1.165, 1.54) is 30.3 Å². The predicted molar refractivity (Wildman–Crippen MR) is 101 cm³/mol. The lowest BCUT2D eigenvalue weighted by Gasteiger charge is -2.06. The average Bonchev–Trinajstić information content (AvgIpc) is 2.66. The zero-order valence-electron chi connectivity index (χ0n) is 14.3. The van der Waals surface area contributed by atoms with Crippen LogP contribution in [0.1, 0.15) is 23.7 Å². The molecule has 0 aliphatic carbocycles. The zero-order valence-corrected chi connectivity index (χ0v) is 15.1. The Morgan fingerprint density at radius 1 is 1.00 bits per heavy atom. The van der Waals surface area contributed by atoms with Crippen molar-refractivity contribution in [3.05, 3.63) is 60.2 Å². The highest BCUT2D eigenvalue weighted by Gasteiger charge is 2.11. The minimum Gasteiger partial charge on any atom is -0.506 e. The summed E-state index contributed by atoms with van der Waals surface area (Å²) < 4.78 is 31.1. The van der Waals surface area contributed by atoms with Crippen LogP contribution in [0.15, 0.2) is 69.7 Å². The van der Waals surface area contributed by atoms with Crippen LogP contribution in [0.2, 0.25) is 0 Å². The molecule has 0 saturated heterocycles. The molecule has 7 nitrogen and oxygen atoms in total. The van der Waals surface area contributed by atoms with Crippen LogP contribution in [0.25, 0.3) is 10.8 Å². The van der Waals surface area contributed by atoms with Gasteiger partial charge in [-0.05, 0) is 41.8 Å². The van der Waals surface area contributed by atoms with Gasteiger partial charge in [0.15, 0.2) is 5.78 Å². The molecule has 0 bridgehead atoms. The number of hydrogen-bond donors (Lipinski definition) is 2. The fourth-order valence-electron chi connectivity index (χ4n) is 2.58. The quantitative estimate of drug-likeness (QED) is 0.372. The van der Waals surface area contributed by atoms with E-state index in [0.29, 0.717) is 23.1 Å². The summed E-state index contributed by atoms with van der Waals surface area (Å²) in [6, 6.07) is 13.4. The lowest BCUT2D eigenvalue weighted by atomic mass is 10.0. The lowest BCUT2D eigenvalue weighted by molar-refractivity contribution is 0.0988. The number of ketones is 1. The van der Waals surface area contributed by atoms with Crippen molar-refractivity contribution in [1.29, 1.82) is 0 Å². The highest BCUT2D eigenvalue weighted by molar-refractivity contribution is 7.85. The number of nitrogens with zero attached hydrogens (tertiary/aromatic N) is 2. The summed E-state index contributed by atoms with van der Waals surface area (Å²) in [5.74, 6) is -0.0533. The summed E-state index contributed by atoms with van der Waals surface area (Å²) >= 11 is 0. The topological polar surface area (TPSA) is 116 Å². The molecule has 138 valence electrons. The largest absolute Gasteiger partial charge is 0.506 e. The SMILES string of the molecule is CCC(=O)c1ccc2c(N=Nc3ccc(S(=O)(=O)O)cc3)c(O)ccc2c1. The summed E-state index contributed by atoms with van der Waals surface area (Å²) in [5, 5.41) is 19.6. The van der Waals surface area contributed by atoms with Crippen LogP contribution in [-0.2, 0) is 10.1 Å². The molecule has 0 radical (unpaired) electrons. The molecule has 0 aromatic heterocycles. The molecule has 0 saturated carbocycles. The van der Waals surface area contributed by atoms with Crippen molar-refractivity contribution in [3.8, 4) is 5.75 Å². The summed E-state index contributed by atoms with van der Waals surface area (Å²) in [4.78, 5) is 11.6. The van der Waals surface area contributed by atoms with Gasteiger partial charge in [-0.15, -0.1) is 5.11 Å². The Hall–Kier alpha value is -3.10. The molecule has 0 aliphatic heterocycles. The standard InChI is InChI=1S/C19H16N2O5S/c1-2-17(22)13-3-9-16-12(11-13)4-10-18(23)19(16)21-20-14-5-7-15(8-6-14)27(24,25)26/h3-11,23H,2H2,1H3,(H,24,25,26). The molecule has 0 aliphatic rings. The van der Waals surface area contributed by atoms with Gasteiger partial charge in [0, 0.05) is 17.4 Å². The zero-order chi connectivity index (χ0) is 19.6. The molecule has 3 aromatic rings. The molecule has 0 atom stereocenters. The smallest absolute Gasteiger partial charge is 0.294 e. The number of carbonyl (C=O) groups excluding carboxylic acids is 1. The van der Waals surface area contributed by atoms with Gasteiger partial charge in [0.25, 0.3) is 10.1 Å². The molecule has 8 heteroatoms. The number of fused-ring (bicyclic) bond motifs is 1. The first-order valence-corrected chi connectivity index (χ1v) is 9.52. The Labute approximate surface area is 155 Å². The number of phenols is 1. The Kier molecular flexibility index (Phi) is 5.02. The van der Waals surface area contributed by atoms with Crippen LogP contribution in [0.5, 0.6) is 5.75 Å². The van der Waals surface area contributed by atoms with Crippen LogP contribution >= 0.6 is 0 Å². The highest BCUT2D eigenvalue weighted by atomic mass is 32.2. The van der Waals surface area contributed by atoms with Gasteiger partial charge in [0.2, 0.25) is 0 Å². The van der Waals surface area contributed by atoms with Crippen molar-refractivity contribution in [2.75, 3.05) is 0 Å². The van der Waals surface area contributed by atoms with Crippen molar-refractivity contribution >= 4 is 38.0 Å². The normalized spacial score (nSPS) is 11.9. The monoisotopic (exact) mass is 384 g/mol. The molecule has 0 heterocycles. The van der Waals surface area contributed by atoms with Crippen LogP contribution in [0.4, 0.5) is 11.4 Å². The highest BCUT2D eigenvalue weighted by Crippen LogP contribution is 2.36. The van der Waals surface area contributed by atoms with Crippen LogP contribution < -0.4 is 0 Å². The maximum atomic E-state index is 11.9. The Balaban J connectivity index is 1.99. The third kappa shape index (κ3) is 4.02. The maximum Gasteiger partial charge on any atom is 0.294 e. The van der Waals surface area contributed by atoms with Gasteiger partial charge < -0.3 is 5.11 Å². The Morgan fingerprint density at radius 3 is 2.33 bits per heavy atom. The number of carbonyl (C=O) groups is 1. The second-order valence-corrected chi connectivity index (χ2v) is 7.24. The molecule has 0 unspecified atom stereocenters. The van der Waals surface area contributed by atoms with E-state index >= 15 is 0 Å². The second kappa shape index (κ2) is 7.26. The van der Waals surface area contributed by atoms with Gasteiger partial charge in [-0.25, -0.2) is 0 Å². The van der Waals surface area contributed by atoms with Gasteiger partial charge in [-0.2, -0.15) is 13.5 Å². The third-order valence-electron chi connectivity index (χ3n) is 4.01. The van der Waals surface area contributed by atoms with Crippen molar-refractivity contribution in [3.63, 3.8) is 0 Å². The molecular formula is C19H16N2O5S. The maximum absolute atomic E-state index is 11.9. The minimum absolute atomic E-state index is 0.0204. The number of benzene rings is 3. The fraction of sp³-hybridized carbons (Fsp3) is 0.105. The summed E-state index contributed by atoms with van der Waals surface area (Å²) in [6.07, 6.45) is 0.399. The molecule has 27 heavy (non-hydrogen) atoms. The first-order chi connectivity index (χ1) is 12.8. The fourth-order valence-corrected chi connectivity index (χ4v) is 3.06. The van der Waals surface area contributed by atoms with Crippen molar-refractivity contribution in [2.45, 2.75) is 18.2 Å². The molecule has 0 amide bonds. The van der Waals surface area contributed by atoms with E-state index < -0.39 is 10.1 Å². The number of phenolic OH excluding ortho intramolecular Hbond substituents is 1. The minimum atomic E-state index is -4.28. The van der Waals surface area contributed by atoms with Crippen LogP contribution in [0, 0.1) is 0 Å². The van der Waals surface area contributed by atoms with E-state index in [-0.39, 0.29) is 22.1 Å². The van der Waals surface area contributed by atoms with Gasteiger partial charge in [0.1, 0.15) is 11.4 Å². The van der Waals surface area contributed by atoms with Gasteiger partial charge in [0.05, 0.1) is 10.6 Å². The predicted octanol–water partition coefficient (Wildman–Crippen LogP) is 4.80. The summed E-state index contributed by atoms with van der Waals surface area (Å²) in [5.41, 5.74) is 1.16. The van der Waals surface area contributed by atoms with Gasteiger partial charge in [-0.3, -0.25) is 9.35 Å². The number of aromatic hydroxyl groups is 1. The number of rotatable bonds is 5. The molecule has 3 aromatic carbocycles. The number of hydrogen-bond acceptors (Lipinski definition) is 6. The van der Waals surface area contributed by atoms with Crippen LogP contribution in [0.3, 0.4) is 0 Å². The molecule has 2 N–H and O–H groups in total. The number of azo groups is 1. The van der Waals surface area contributed by atoms with E-state index in [1.807, 2.05) is 0 Å². The first-order valence-electron chi connectivity index (χ1n) is 8.08. The average molecular weight is 384 g/mol. The van der Waals surface area contributed by atoms with Crippen molar-refractivity contribution in [2.24, 2.45) is 10.2 Å². The molecule has 0 spiro atoms. The van der Waals surface area contributed by atoms with Crippen molar-refractivity contribution < 1.29 is 22.9 Å². The van der Waals surface area contributed by atoms with E-state index in [4.69, 9.17) is 4.55 Å². The van der Waals surface area contributed by atoms with Gasteiger partial charge in [-0.1, -0.05) is 25.1 Å². The Morgan fingerprint density at radius 2 is 1.70 bits per heavy atom. The summed E-state index contributed by atoms with van der Waals surface area (Å²) in [6.45, 7) is 1.79. The first kappa shape index (κ1) is 18.7. The molecular weight excluding hydrogens is 368 g/mol. The molecule has 0 fully saturated rings. The van der Waals surface area contributed by atoms with Gasteiger partial charge >= 0.3 is 0 Å². The van der Waals surface area contributed by atoms with Crippen LogP contribution in [-0.4, -0.2) is 23.9 Å². The van der Waals surface area contributed by atoms with E-state index in [0.717, 1.165) is 5.39 Å².